The van der Waals surface area contributed by atoms with E-state index in [0.717, 1.165) is 5.92 Å². The topological polar surface area (TPSA) is 12.4 Å². The molecule has 0 bridgehead atoms. The fraction of sp³-hybridized carbons (Fsp3) is 0.857. The minimum atomic E-state index is 0.897. The minimum absolute atomic E-state index is 0.897. The standard InChI is InChI=1S/C7H13N/c1-6-3-4-7(5-6)8-2/h6H,3-5H2,1-2H3. The Hall–Kier alpha value is -0.330. The van der Waals surface area contributed by atoms with Crippen LogP contribution in [-0.2, 0) is 0 Å². The number of hydrogen-bond acceptors (Lipinski definition) is 1. The van der Waals surface area contributed by atoms with E-state index in [1.54, 1.807) is 0 Å². The van der Waals surface area contributed by atoms with Crippen LogP contribution in [0.3, 0.4) is 0 Å². The quantitative estimate of drug-likeness (QED) is 0.452. The number of aliphatic imine (C=N–C) groups is 1. The van der Waals surface area contributed by atoms with Gasteiger partial charge >= 0.3 is 0 Å². The normalized spacial score (nSPS) is 34.2. The lowest BCUT2D eigenvalue weighted by atomic mass is 10.1. The molecule has 0 aliphatic heterocycles. The molecule has 1 fully saturated rings. The first-order valence-corrected chi connectivity index (χ1v) is 3.27. The molecule has 1 unspecified atom stereocenters. The third-order valence-electron chi connectivity index (χ3n) is 1.83. The second-order valence-corrected chi connectivity index (χ2v) is 2.64. The molecule has 46 valence electrons. The van der Waals surface area contributed by atoms with Crippen molar-refractivity contribution in [1.82, 2.24) is 0 Å². The van der Waals surface area contributed by atoms with Gasteiger partial charge in [-0.25, -0.2) is 0 Å². The van der Waals surface area contributed by atoms with Gasteiger partial charge in [-0.3, -0.25) is 4.99 Å². The van der Waals surface area contributed by atoms with Gasteiger partial charge in [0.1, 0.15) is 0 Å². The van der Waals surface area contributed by atoms with Gasteiger partial charge < -0.3 is 0 Å². The van der Waals surface area contributed by atoms with Crippen molar-refractivity contribution in [3.05, 3.63) is 0 Å². The van der Waals surface area contributed by atoms with Crippen molar-refractivity contribution < 1.29 is 0 Å². The van der Waals surface area contributed by atoms with Crippen molar-refractivity contribution in [3.8, 4) is 0 Å². The second kappa shape index (κ2) is 2.29. The van der Waals surface area contributed by atoms with Gasteiger partial charge in [-0.15, -0.1) is 0 Å². The Kier molecular flexibility index (Phi) is 1.66. The number of rotatable bonds is 0. The molecule has 0 N–H and O–H groups in total. The number of nitrogens with zero attached hydrogens (tertiary/aromatic N) is 1. The first kappa shape index (κ1) is 5.80. The molecule has 1 saturated carbocycles. The van der Waals surface area contributed by atoms with Crippen LogP contribution in [0.4, 0.5) is 0 Å². The highest BCUT2D eigenvalue weighted by Crippen LogP contribution is 2.21. The predicted octanol–water partition coefficient (Wildman–Crippen LogP) is 1.88. The molecule has 0 heterocycles. The summed E-state index contributed by atoms with van der Waals surface area (Å²) in [6, 6.07) is 0. The molecule has 0 radical (unpaired) electrons. The summed E-state index contributed by atoms with van der Waals surface area (Å²) in [6.45, 7) is 2.29. The maximum absolute atomic E-state index is 4.15. The number of hydrogen-bond donors (Lipinski definition) is 0. The van der Waals surface area contributed by atoms with E-state index >= 15 is 0 Å². The van der Waals surface area contributed by atoms with Gasteiger partial charge in [0.2, 0.25) is 0 Å². The summed E-state index contributed by atoms with van der Waals surface area (Å²) < 4.78 is 0. The van der Waals surface area contributed by atoms with Gasteiger partial charge in [-0.2, -0.15) is 0 Å². The van der Waals surface area contributed by atoms with Crippen LogP contribution in [0.15, 0.2) is 4.99 Å². The maximum atomic E-state index is 4.15. The second-order valence-electron chi connectivity index (χ2n) is 2.64. The van der Waals surface area contributed by atoms with Gasteiger partial charge in [0.05, 0.1) is 0 Å². The molecule has 1 heteroatoms. The van der Waals surface area contributed by atoms with Gasteiger partial charge in [0, 0.05) is 12.8 Å². The van der Waals surface area contributed by atoms with Gasteiger partial charge in [0.15, 0.2) is 0 Å². The van der Waals surface area contributed by atoms with Crippen LogP contribution >= 0.6 is 0 Å². The third-order valence-corrected chi connectivity index (χ3v) is 1.83. The van der Waals surface area contributed by atoms with E-state index in [-0.39, 0.29) is 0 Å². The molecule has 1 aliphatic carbocycles. The van der Waals surface area contributed by atoms with Gasteiger partial charge in [-0.1, -0.05) is 6.92 Å². The zero-order valence-electron chi connectivity index (χ0n) is 5.65. The predicted molar refractivity (Wildman–Crippen MR) is 36.4 cm³/mol. The molecule has 1 nitrogen and oxygen atoms in total. The molecule has 0 amide bonds. The molecule has 1 atom stereocenters. The van der Waals surface area contributed by atoms with Gasteiger partial charge in [0.25, 0.3) is 0 Å². The SMILES string of the molecule is CN=C1CCC(C)C1. The fourth-order valence-electron chi connectivity index (χ4n) is 1.22. The first-order chi connectivity index (χ1) is 3.83. The van der Waals surface area contributed by atoms with Crippen molar-refractivity contribution in [1.29, 1.82) is 0 Å². The highest BCUT2D eigenvalue weighted by Gasteiger charge is 2.14. The largest absolute Gasteiger partial charge is 0.297 e. The Labute approximate surface area is 50.8 Å². The third kappa shape index (κ3) is 1.09. The summed E-state index contributed by atoms with van der Waals surface area (Å²) in [4.78, 5) is 4.15. The summed E-state index contributed by atoms with van der Waals surface area (Å²) >= 11 is 0. The zero-order chi connectivity index (χ0) is 5.98. The zero-order valence-corrected chi connectivity index (χ0v) is 5.65. The lowest BCUT2D eigenvalue weighted by Gasteiger charge is -1.92. The van der Waals surface area contributed by atoms with E-state index in [9.17, 15) is 0 Å². The van der Waals surface area contributed by atoms with Crippen LogP contribution in [-0.4, -0.2) is 12.8 Å². The average Bonchev–Trinajstić information content (AvgIpc) is 2.14. The summed E-state index contributed by atoms with van der Waals surface area (Å²) in [5, 5.41) is 0. The summed E-state index contributed by atoms with van der Waals surface area (Å²) in [5.74, 6) is 0.897. The molecule has 0 aromatic rings. The molecule has 0 spiro atoms. The molecular formula is C7H13N. The molecule has 0 aromatic heterocycles. The average molecular weight is 111 g/mol. The van der Waals surface area contributed by atoms with Crippen molar-refractivity contribution in [3.63, 3.8) is 0 Å². The Morgan fingerprint density at radius 3 is 2.62 bits per heavy atom. The van der Waals surface area contributed by atoms with Crippen molar-refractivity contribution in [2.75, 3.05) is 7.05 Å². The van der Waals surface area contributed by atoms with E-state index in [0.29, 0.717) is 0 Å². The van der Waals surface area contributed by atoms with Crippen LogP contribution < -0.4 is 0 Å². The molecule has 0 aromatic carbocycles. The smallest absolute Gasteiger partial charge is 0.0276 e. The minimum Gasteiger partial charge on any atom is -0.297 e. The lowest BCUT2D eigenvalue weighted by Crippen LogP contribution is -1.88. The molecular weight excluding hydrogens is 98.1 g/mol. The van der Waals surface area contributed by atoms with Crippen LogP contribution in [0.1, 0.15) is 26.2 Å². The summed E-state index contributed by atoms with van der Waals surface area (Å²) in [5.41, 5.74) is 1.41. The molecule has 0 saturated heterocycles. The summed E-state index contributed by atoms with van der Waals surface area (Å²) in [6.07, 6.45) is 3.85. The van der Waals surface area contributed by atoms with Crippen LogP contribution in [0.2, 0.25) is 0 Å². The Morgan fingerprint density at radius 2 is 2.38 bits per heavy atom. The monoisotopic (exact) mass is 111 g/mol. The van der Waals surface area contributed by atoms with E-state index in [1.807, 2.05) is 7.05 Å². The highest BCUT2D eigenvalue weighted by atomic mass is 14.7. The summed E-state index contributed by atoms with van der Waals surface area (Å²) in [7, 11) is 1.90. The first-order valence-electron chi connectivity index (χ1n) is 3.27. The van der Waals surface area contributed by atoms with Crippen LogP contribution in [0.25, 0.3) is 0 Å². The Balaban J connectivity index is 2.44. The maximum Gasteiger partial charge on any atom is 0.0276 e. The Morgan fingerprint density at radius 1 is 1.62 bits per heavy atom. The van der Waals surface area contributed by atoms with E-state index in [4.69, 9.17) is 0 Å². The van der Waals surface area contributed by atoms with Gasteiger partial charge in [-0.05, 0) is 25.2 Å². The van der Waals surface area contributed by atoms with Crippen molar-refractivity contribution >= 4 is 5.71 Å². The lowest BCUT2D eigenvalue weighted by molar-refractivity contribution is 0.623. The molecule has 1 aliphatic rings. The van der Waals surface area contributed by atoms with Crippen molar-refractivity contribution in [2.45, 2.75) is 26.2 Å². The van der Waals surface area contributed by atoms with E-state index in [1.165, 1.54) is 25.0 Å². The van der Waals surface area contributed by atoms with Crippen LogP contribution in [0, 0.1) is 5.92 Å². The van der Waals surface area contributed by atoms with Crippen molar-refractivity contribution in [2.24, 2.45) is 10.9 Å². The Bertz CT molecular complexity index is 105. The van der Waals surface area contributed by atoms with Crippen LogP contribution in [0.5, 0.6) is 0 Å². The fourth-order valence-corrected chi connectivity index (χ4v) is 1.22. The molecule has 1 rings (SSSR count). The molecule has 8 heavy (non-hydrogen) atoms. The van der Waals surface area contributed by atoms with E-state index in [2.05, 4.69) is 11.9 Å². The highest BCUT2D eigenvalue weighted by molar-refractivity contribution is 5.86. The van der Waals surface area contributed by atoms with E-state index < -0.39 is 0 Å².